The minimum absolute atomic E-state index is 0.0721. The number of benzene rings is 4. The number of carbonyl (C=O) groups is 1. The van der Waals surface area contributed by atoms with E-state index in [1.807, 2.05) is 12.1 Å². The molecule has 0 saturated heterocycles. The van der Waals surface area contributed by atoms with Gasteiger partial charge in [-0.05, 0) is 86.1 Å². The lowest BCUT2D eigenvalue weighted by Crippen LogP contribution is -2.50. The van der Waals surface area contributed by atoms with Gasteiger partial charge in [-0.3, -0.25) is 9.79 Å². The van der Waals surface area contributed by atoms with Gasteiger partial charge in [-0.1, -0.05) is 62.4 Å². The fourth-order valence-electron chi connectivity index (χ4n) is 8.51. The van der Waals surface area contributed by atoms with E-state index in [1.54, 1.807) is 0 Å². The molecule has 2 fully saturated rings. The highest BCUT2D eigenvalue weighted by Gasteiger charge is 2.43. The first-order chi connectivity index (χ1) is 21.3. The predicted octanol–water partition coefficient (Wildman–Crippen LogP) is 7.39. The van der Waals surface area contributed by atoms with E-state index in [0.717, 1.165) is 106 Å². The van der Waals surface area contributed by atoms with Crippen LogP contribution in [0.4, 0.5) is 17.1 Å². The Morgan fingerprint density at radius 3 is 2.07 bits per heavy atom. The Labute approximate surface area is 257 Å². The van der Waals surface area contributed by atoms with Gasteiger partial charge in [0.1, 0.15) is 17.1 Å². The zero-order valence-corrected chi connectivity index (χ0v) is 25.4. The van der Waals surface area contributed by atoms with E-state index >= 15 is 0 Å². The van der Waals surface area contributed by atoms with Crippen LogP contribution in [0.15, 0.2) is 71.4 Å². The van der Waals surface area contributed by atoms with Gasteiger partial charge in [0.25, 0.3) is 0 Å². The molecule has 0 amide bonds. The van der Waals surface area contributed by atoms with Gasteiger partial charge < -0.3 is 21.1 Å². The molecule has 44 heavy (non-hydrogen) atoms. The third kappa shape index (κ3) is 3.66. The summed E-state index contributed by atoms with van der Waals surface area (Å²) in [6.45, 7) is 4.64. The van der Waals surface area contributed by atoms with Crippen LogP contribution in [-0.4, -0.2) is 22.2 Å². The first-order valence-electron chi connectivity index (χ1n) is 16.4. The van der Waals surface area contributed by atoms with Crippen molar-refractivity contribution in [3.8, 4) is 0 Å². The molecule has 3 aliphatic carbocycles. The molecule has 0 bridgehead atoms. The molecule has 4 aromatic carbocycles. The van der Waals surface area contributed by atoms with Crippen LogP contribution in [0.3, 0.4) is 0 Å². The van der Waals surface area contributed by atoms with Gasteiger partial charge in [-0.2, -0.15) is 0 Å². The summed E-state index contributed by atoms with van der Waals surface area (Å²) in [5.41, 5.74) is 4.04. The van der Waals surface area contributed by atoms with Crippen LogP contribution >= 0.6 is 0 Å². The van der Waals surface area contributed by atoms with E-state index < -0.39 is 0 Å². The minimum Gasteiger partial charge on any atom is -0.506 e. The van der Waals surface area contributed by atoms with Gasteiger partial charge in [0, 0.05) is 32.9 Å². The van der Waals surface area contributed by atoms with Crippen LogP contribution in [-0.2, 0) is 4.79 Å². The van der Waals surface area contributed by atoms with Gasteiger partial charge in [0.15, 0.2) is 0 Å². The van der Waals surface area contributed by atoms with Crippen molar-refractivity contribution in [2.75, 3.05) is 16.0 Å². The molecule has 2 spiro atoms. The minimum atomic E-state index is -0.374. The SMILES string of the molecule is CC1CCC2(CC1)N=c1c(=C3C(=O)C(c4ccc5cccc6c5c4NC4(CCC(C)CC4)N6)=C3O)ccc3cccc(c13)N2. The number of aliphatic hydroxyl groups excluding tert-OH is 1. The zero-order chi connectivity index (χ0) is 29.8. The fraction of sp³-hybridized carbons (Fsp3) is 0.368. The third-order valence-electron chi connectivity index (χ3n) is 11.2. The van der Waals surface area contributed by atoms with E-state index in [0.29, 0.717) is 23.0 Å². The molecule has 0 unspecified atom stereocenters. The largest absolute Gasteiger partial charge is 0.506 e. The maximum Gasteiger partial charge on any atom is 0.201 e. The predicted molar refractivity (Wildman–Crippen MR) is 178 cm³/mol. The zero-order valence-electron chi connectivity index (χ0n) is 25.4. The van der Waals surface area contributed by atoms with Crippen molar-refractivity contribution in [2.45, 2.75) is 76.5 Å². The van der Waals surface area contributed by atoms with E-state index in [4.69, 9.17) is 4.99 Å². The number of ketones is 1. The van der Waals surface area contributed by atoms with Crippen molar-refractivity contribution < 1.29 is 9.90 Å². The fourth-order valence-corrected chi connectivity index (χ4v) is 8.51. The van der Waals surface area contributed by atoms with Crippen molar-refractivity contribution in [1.29, 1.82) is 0 Å². The summed E-state index contributed by atoms with van der Waals surface area (Å²) in [5.74, 6) is 1.35. The first-order valence-corrected chi connectivity index (χ1v) is 16.4. The summed E-state index contributed by atoms with van der Waals surface area (Å²) in [6.07, 6.45) is 8.44. The highest BCUT2D eigenvalue weighted by atomic mass is 16.3. The molecule has 9 rings (SSSR count). The Kier molecular flexibility index (Phi) is 5.40. The van der Waals surface area contributed by atoms with E-state index in [1.165, 1.54) is 0 Å². The highest BCUT2D eigenvalue weighted by molar-refractivity contribution is 6.52. The maximum atomic E-state index is 14.3. The molecule has 0 radical (unpaired) electrons. The molecule has 0 atom stereocenters. The van der Waals surface area contributed by atoms with Crippen LogP contribution < -0.4 is 26.5 Å². The molecule has 6 heteroatoms. The summed E-state index contributed by atoms with van der Waals surface area (Å²) in [6, 6.07) is 20.7. The van der Waals surface area contributed by atoms with Gasteiger partial charge in [0.05, 0.1) is 22.2 Å². The summed E-state index contributed by atoms with van der Waals surface area (Å²) in [4.78, 5) is 19.6. The lowest BCUT2D eigenvalue weighted by Gasteiger charge is -2.46. The molecular weight excluding hydrogens is 544 g/mol. The molecule has 2 heterocycles. The second-order valence-electron chi connectivity index (χ2n) is 14.2. The Bertz CT molecular complexity index is 2080. The Morgan fingerprint density at radius 1 is 0.727 bits per heavy atom. The molecule has 6 nitrogen and oxygen atoms in total. The number of nitrogens with zero attached hydrogens (tertiary/aromatic N) is 1. The molecule has 2 saturated carbocycles. The molecule has 4 aromatic rings. The van der Waals surface area contributed by atoms with Crippen molar-refractivity contribution in [3.05, 3.63) is 82.6 Å². The Balaban J connectivity index is 1.24. The number of nitrogens with one attached hydrogen (secondary N) is 3. The molecule has 2 aliphatic heterocycles. The summed E-state index contributed by atoms with van der Waals surface area (Å²) in [7, 11) is 0. The summed E-state index contributed by atoms with van der Waals surface area (Å²) < 4.78 is 0. The monoisotopic (exact) mass is 582 g/mol. The quantitative estimate of drug-likeness (QED) is 0.188. The number of carbonyl (C=O) groups excluding carboxylic acids is 1. The third-order valence-corrected chi connectivity index (χ3v) is 11.2. The van der Waals surface area contributed by atoms with E-state index in [-0.39, 0.29) is 22.9 Å². The molecule has 222 valence electrons. The number of hydrogen-bond acceptors (Lipinski definition) is 6. The first kappa shape index (κ1) is 26.1. The van der Waals surface area contributed by atoms with Gasteiger partial charge >= 0.3 is 0 Å². The molecule has 0 aromatic heterocycles. The topological polar surface area (TPSA) is 85.8 Å². The van der Waals surface area contributed by atoms with Gasteiger partial charge in [-0.25, -0.2) is 0 Å². The average Bonchev–Trinajstić information content (AvgIpc) is 3.03. The number of hydrogen-bond donors (Lipinski definition) is 4. The highest BCUT2D eigenvalue weighted by Crippen LogP contribution is 2.49. The van der Waals surface area contributed by atoms with Gasteiger partial charge in [0.2, 0.25) is 5.78 Å². The van der Waals surface area contributed by atoms with Crippen LogP contribution in [0, 0.1) is 11.8 Å². The summed E-state index contributed by atoms with van der Waals surface area (Å²) >= 11 is 0. The van der Waals surface area contributed by atoms with Crippen molar-refractivity contribution in [2.24, 2.45) is 16.8 Å². The van der Waals surface area contributed by atoms with Gasteiger partial charge in [-0.15, -0.1) is 0 Å². The van der Waals surface area contributed by atoms with Crippen LogP contribution in [0.1, 0.15) is 70.8 Å². The lowest BCUT2D eigenvalue weighted by atomic mass is 9.77. The number of aliphatic hydroxyl groups is 1. The number of rotatable bonds is 1. The standard InChI is InChI=1S/C38H38N4O2/c1-21-13-17-37(18-14-21)39-27-7-3-5-23-9-11-25(33(41-37)29(23)27)31-35(43)32(36(31)44)26-12-10-24-6-4-8-28-30(24)34(26)42-38(40-28)19-15-22(2)16-20-38/h3-12,21-22,39-41,43H,13-20H2,1-2H3. The molecular formula is C38H38N4O2. The van der Waals surface area contributed by atoms with Crippen LogP contribution in [0.5, 0.6) is 0 Å². The maximum absolute atomic E-state index is 14.3. The van der Waals surface area contributed by atoms with E-state index in [9.17, 15) is 9.90 Å². The second kappa shape index (κ2) is 9.10. The smallest absolute Gasteiger partial charge is 0.201 e. The van der Waals surface area contributed by atoms with Crippen molar-refractivity contribution >= 4 is 55.5 Å². The second-order valence-corrected chi connectivity index (χ2v) is 14.2. The van der Waals surface area contributed by atoms with Crippen molar-refractivity contribution in [1.82, 2.24) is 0 Å². The number of allylic oxidation sites excluding steroid dienone is 2. The Hall–Kier alpha value is -4.32. The molecule has 4 N–H and O–H groups in total. The summed E-state index contributed by atoms with van der Waals surface area (Å²) in [5, 5.41) is 29.2. The molecule has 5 aliphatic rings. The van der Waals surface area contributed by atoms with Crippen molar-refractivity contribution in [3.63, 3.8) is 0 Å². The lowest BCUT2D eigenvalue weighted by molar-refractivity contribution is -0.109. The average molecular weight is 583 g/mol. The normalized spacial score (nSPS) is 30.1. The Morgan fingerprint density at radius 2 is 1.36 bits per heavy atom. The van der Waals surface area contributed by atoms with E-state index in [2.05, 4.69) is 78.3 Å². The van der Waals surface area contributed by atoms with Crippen LogP contribution in [0.2, 0.25) is 0 Å². The van der Waals surface area contributed by atoms with Crippen LogP contribution in [0.25, 0.3) is 32.7 Å². The number of anilines is 3. The number of Topliss-reactive ketones (excluding diaryl/α,β-unsaturated/α-hetero) is 1.